The SMILES string of the molecule is N#CC(C(=O)N(N)C1CNCCO1)=C(O)C(F)(F)F. The Hall–Kier alpha value is -1.83. The normalized spacial score (nSPS) is 21.3. The van der Waals surface area contributed by atoms with E-state index in [0.29, 0.717) is 11.6 Å². The third-order valence-corrected chi connectivity index (χ3v) is 2.28. The molecule has 0 aliphatic carbocycles. The maximum absolute atomic E-state index is 12.2. The van der Waals surface area contributed by atoms with Crippen molar-refractivity contribution in [2.24, 2.45) is 5.84 Å². The monoisotopic (exact) mass is 280 g/mol. The van der Waals surface area contributed by atoms with E-state index in [9.17, 15) is 18.0 Å². The zero-order valence-electron chi connectivity index (χ0n) is 9.57. The Bertz CT molecular complexity index is 423. The highest BCUT2D eigenvalue weighted by Crippen LogP contribution is 2.26. The number of halogens is 3. The first kappa shape index (κ1) is 15.2. The number of carbonyl (C=O) groups is 1. The summed E-state index contributed by atoms with van der Waals surface area (Å²) in [7, 11) is 0. The molecule has 0 saturated carbocycles. The smallest absolute Gasteiger partial charge is 0.450 e. The number of amides is 1. The van der Waals surface area contributed by atoms with E-state index in [0.717, 1.165) is 6.07 Å². The molecule has 1 heterocycles. The molecule has 4 N–H and O–H groups in total. The fraction of sp³-hybridized carbons (Fsp3) is 0.556. The highest BCUT2D eigenvalue weighted by molar-refractivity contribution is 5.97. The van der Waals surface area contributed by atoms with Crippen LogP contribution in [0.15, 0.2) is 11.3 Å². The minimum atomic E-state index is -5.20. The Morgan fingerprint density at radius 1 is 1.58 bits per heavy atom. The van der Waals surface area contributed by atoms with Crippen LogP contribution in [-0.2, 0) is 9.53 Å². The number of rotatable bonds is 2. The zero-order valence-corrected chi connectivity index (χ0v) is 9.57. The van der Waals surface area contributed by atoms with Gasteiger partial charge in [0, 0.05) is 13.1 Å². The molecular weight excluding hydrogens is 269 g/mol. The maximum Gasteiger partial charge on any atom is 0.450 e. The highest BCUT2D eigenvalue weighted by atomic mass is 19.4. The molecule has 1 aliphatic heterocycles. The Kier molecular flexibility index (Phi) is 4.71. The van der Waals surface area contributed by atoms with Crippen LogP contribution in [0.4, 0.5) is 13.2 Å². The van der Waals surface area contributed by atoms with Crippen molar-refractivity contribution in [3.05, 3.63) is 11.3 Å². The fourth-order valence-electron chi connectivity index (χ4n) is 1.33. The van der Waals surface area contributed by atoms with Crippen LogP contribution in [-0.4, -0.2) is 48.1 Å². The average molecular weight is 280 g/mol. The summed E-state index contributed by atoms with van der Waals surface area (Å²) in [5.41, 5.74) is -1.48. The molecule has 1 saturated heterocycles. The molecule has 0 aromatic rings. The van der Waals surface area contributed by atoms with Gasteiger partial charge < -0.3 is 15.2 Å². The van der Waals surface area contributed by atoms with E-state index < -0.39 is 29.6 Å². The number of ether oxygens (including phenoxy) is 1. The van der Waals surface area contributed by atoms with E-state index in [-0.39, 0.29) is 13.2 Å². The van der Waals surface area contributed by atoms with Crippen molar-refractivity contribution in [3.63, 3.8) is 0 Å². The second-order valence-electron chi connectivity index (χ2n) is 3.58. The van der Waals surface area contributed by atoms with Crippen molar-refractivity contribution in [1.29, 1.82) is 5.26 Å². The lowest BCUT2D eigenvalue weighted by Gasteiger charge is -2.30. The lowest BCUT2D eigenvalue weighted by atomic mass is 10.2. The van der Waals surface area contributed by atoms with Crippen molar-refractivity contribution >= 4 is 5.91 Å². The van der Waals surface area contributed by atoms with Gasteiger partial charge in [-0.15, -0.1) is 0 Å². The number of carbonyl (C=O) groups excluding carboxylic acids is 1. The van der Waals surface area contributed by atoms with Gasteiger partial charge in [0.25, 0.3) is 5.91 Å². The molecule has 10 heteroatoms. The first-order valence-corrected chi connectivity index (χ1v) is 5.10. The molecule has 1 atom stereocenters. The zero-order chi connectivity index (χ0) is 14.6. The van der Waals surface area contributed by atoms with Crippen molar-refractivity contribution < 1.29 is 27.8 Å². The van der Waals surface area contributed by atoms with Gasteiger partial charge in [-0.1, -0.05) is 0 Å². The van der Waals surface area contributed by atoms with Crippen molar-refractivity contribution in [2.45, 2.75) is 12.4 Å². The van der Waals surface area contributed by atoms with Crippen LogP contribution in [0.1, 0.15) is 0 Å². The summed E-state index contributed by atoms with van der Waals surface area (Å²) < 4.78 is 41.8. The molecule has 7 nitrogen and oxygen atoms in total. The standard InChI is InChI=1S/C9H11F3N4O3/c10-9(11,12)7(17)5(3-13)8(18)16(14)6-4-15-1-2-19-6/h6,15,17H,1-2,4,14H2. The molecule has 1 aliphatic rings. The second-order valence-corrected chi connectivity index (χ2v) is 3.58. The summed E-state index contributed by atoms with van der Waals surface area (Å²) in [6.45, 7) is 0.823. The molecule has 1 unspecified atom stereocenters. The van der Waals surface area contributed by atoms with E-state index in [4.69, 9.17) is 20.9 Å². The van der Waals surface area contributed by atoms with E-state index in [1.54, 1.807) is 0 Å². The maximum atomic E-state index is 12.2. The van der Waals surface area contributed by atoms with Crippen molar-refractivity contribution in [2.75, 3.05) is 19.7 Å². The van der Waals surface area contributed by atoms with Crippen LogP contribution in [0.5, 0.6) is 0 Å². The Balaban J connectivity index is 2.94. The Labute approximate surface area is 106 Å². The summed E-state index contributed by atoms with van der Waals surface area (Å²) in [5.74, 6) is 1.56. The van der Waals surface area contributed by atoms with Crippen LogP contribution in [0, 0.1) is 11.3 Å². The fourth-order valence-corrected chi connectivity index (χ4v) is 1.33. The van der Waals surface area contributed by atoms with Crippen LogP contribution < -0.4 is 11.2 Å². The first-order chi connectivity index (χ1) is 8.79. The minimum absolute atomic E-state index is 0.105. The van der Waals surface area contributed by atoms with Gasteiger partial charge >= 0.3 is 6.18 Å². The van der Waals surface area contributed by atoms with Gasteiger partial charge in [0.1, 0.15) is 6.07 Å². The number of hydrogen-bond donors (Lipinski definition) is 3. The van der Waals surface area contributed by atoms with Crippen molar-refractivity contribution in [3.8, 4) is 6.07 Å². The lowest BCUT2D eigenvalue weighted by Crippen LogP contribution is -2.55. The third kappa shape index (κ3) is 3.57. The van der Waals surface area contributed by atoms with Gasteiger partial charge in [-0.05, 0) is 0 Å². The molecule has 0 bridgehead atoms. The predicted molar refractivity (Wildman–Crippen MR) is 55.0 cm³/mol. The number of nitrogens with zero attached hydrogens (tertiary/aromatic N) is 2. The molecule has 106 valence electrons. The van der Waals surface area contributed by atoms with Crippen molar-refractivity contribution in [1.82, 2.24) is 10.3 Å². The van der Waals surface area contributed by atoms with Gasteiger partial charge in [0.05, 0.1) is 6.61 Å². The quantitative estimate of drug-likeness (QED) is 0.157. The number of nitrogens with one attached hydrogen (secondary N) is 1. The average Bonchev–Trinajstić information content (AvgIpc) is 2.38. The molecule has 0 aromatic heterocycles. The molecule has 0 radical (unpaired) electrons. The second kappa shape index (κ2) is 5.87. The van der Waals surface area contributed by atoms with E-state index in [1.165, 1.54) is 0 Å². The number of hydrazine groups is 1. The van der Waals surface area contributed by atoms with Crippen LogP contribution in [0.25, 0.3) is 0 Å². The number of morpholine rings is 1. The van der Waals surface area contributed by atoms with E-state index >= 15 is 0 Å². The summed E-state index contributed by atoms with van der Waals surface area (Å²) in [6.07, 6.45) is -6.21. The number of nitrogens with two attached hydrogens (primary N) is 1. The number of alkyl halides is 3. The summed E-state index contributed by atoms with van der Waals surface area (Å²) in [5, 5.41) is 20.5. The van der Waals surface area contributed by atoms with Gasteiger partial charge in [0.15, 0.2) is 11.8 Å². The van der Waals surface area contributed by atoms with E-state index in [2.05, 4.69) is 5.32 Å². The molecule has 0 aromatic carbocycles. The van der Waals surface area contributed by atoms with Crippen LogP contribution in [0.3, 0.4) is 0 Å². The molecule has 1 rings (SSSR count). The van der Waals surface area contributed by atoms with Crippen LogP contribution >= 0.6 is 0 Å². The molecule has 0 spiro atoms. The Morgan fingerprint density at radius 2 is 2.21 bits per heavy atom. The predicted octanol–water partition coefficient (Wildman–Crippen LogP) is -0.467. The number of nitriles is 1. The third-order valence-electron chi connectivity index (χ3n) is 2.28. The van der Waals surface area contributed by atoms with Gasteiger partial charge in [-0.3, -0.25) is 4.79 Å². The number of aliphatic hydroxyl groups excluding tert-OH is 1. The first-order valence-electron chi connectivity index (χ1n) is 5.10. The number of aliphatic hydroxyl groups is 1. The van der Waals surface area contributed by atoms with Gasteiger partial charge in [-0.25, -0.2) is 10.9 Å². The van der Waals surface area contributed by atoms with Crippen LogP contribution in [0.2, 0.25) is 0 Å². The number of hydrogen-bond acceptors (Lipinski definition) is 6. The van der Waals surface area contributed by atoms with Gasteiger partial charge in [-0.2, -0.15) is 18.4 Å². The summed E-state index contributed by atoms with van der Waals surface area (Å²) in [4.78, 5) is 11.6. The van der Waals surface area contributed by atoms with E-state index in [1.807, 2.05) is 0 Å². The molecule has 1 fully saturated rings. The molecule has 19 heavy (non-hydrogen) atoms. The summed E-state index contributed by atoms with van der Waals surface area (Å²) >= 11 is 0. The lowest BCUT2D eigenvalue weighted by molar-refractivity contribution is -0.147. The minimum Gasteiger partial charge on any atom is -0.503 e. The molecule has 1 amide bonds. The number of allylic oxidation sites excluding steroid dienone is 1. The highest BCUT2D eigenvalue weighted by Gasteiger charge is 2.40. The van der Waals surface area contributed by atoms with Gasteiger partial charge in [0.2, 0.25) is 5.76 Å². The Morgan fingerprint density at radius 3 is 2.63 bits per heavy atom. The topological polar surface area (TPSA) is 112 Å². The summed E-state index contributed by atoms with van der Waals surface area (Å²) in [6, 6.07) is 0.991. The molecular formula is C9H11F3N4O3. The largest absolute Gasteiger partial charge is 0.503 e.